The first kappa shape index (κ1) is 15.5. The standard InChI is InChI=1S/C17H21FN2O/c1-17(2)7-10-20(11-8-17)16(21)14-6-5-13(4-3-9-19)15(18)12-14/h5-6,12H,7-11,19H2,1-2H3. The van der Waals surface area contributed by atoms with Gasteiger partial charge in [-0.1, -0.05) is 25.7 Å². The van der Waals surface area contributed by atoms with Crippen LogP contribution in [0.15, 0.2) is 18.2 Å². The van der Waals surface area contributed by atoms with Crippen molar-refractivity contribution in [2.24, 2.45) is 11.1 Å². The van der Waals surface area contributed by atoms with Crippen molar-refractivity contribution in [1.82, 2.24) is 4.90 Å². The number of piperidine rings is 1. The summed E-state index contributed by atoms with van der Waals surface area (Å²) in [5, 5.41) is 0. The van der Waals surface area contributed by atoms with Crippen molar-refractivity contribution >= 4 is 5.91 Å². The second-order valence-electron chi connectivity index (χ2n) is 6.16. The summed E-state index contributed by atoms with van der Waals surface area (Å²) in [6.45, 7) is 6.05. The molecule has 0 unspecified atom stereocenters. The maximum Gasteiger partial charge on any atom is 0.253 e. The summed E-state index contributed by atoms with van der Waals surface area (Å²) in [5.41, 5.74) is 6.20. The average molecular weight is 288 g/mol. The molecule has 1 aromatic carbocycles. The Morgan fingerprint density at radius 1 is 1.38 bits per heavy atom. The summed E-state index contributed by atoms with van der Waals surface area (Å²) >= 11 is 0. The SMILES string of the molecule is CC1(C)CCN(C(=O)c2ccc(C#CCN)c(F)c2)CC1. The predicted octanol–water partition coefficient (Wildman–Crippen LogP) is 2.40. The Balaban J connectivity index is 2.12. The highest BCUT2D eigenvalue weighted by atomic mass is 19.1. The van der Waals surface area contributed by atoms with Crippen molar-refractivity contribution in [2.45, 2.75) is 26.7 Å². The van der Waals surface area contributed by atoms with Gasteiger partial charge in [0.25, 0.3) is 5.91 Å². The average Bonchev–Trinajstić information content (AvgIpc) is 2.45. The molecule has 1 aliphatic heterocycles. The third kappa shape index (κ3) is 3.83. The fourth-order valence-corrected chi connectivity index (χ4v) is 2.39. The molecule has 21 heavy (non-hydrogen) atoms. The van der Waals surface area contributed by atoms with Crippen LogP contribution in [0.5, 0.6) is 0 Å². The minimum absolute atomic E-state index is 0.109. The molecule has 112 valence electrons. The number of nitrogens with two attached hydrogens (primary N) is 1. The quantitative estimate of drug-likeness (QED) is 0.807. The fraction of sp³-hybridized carbons (Fsp3) is 0.471. The number of carbonyl (C=O) groups excluding carboxylic acids is 1. The van der Waals surface area contributed by atoms with Crippen molar-refractivity contribution in [1.29, 1.82) is 0 Å². The highest BCUT2D eigenvalue weighted by molar-refractivity contribution is 5.94. The Bertz CT molecular complexity index is 589. The van der Waals surface area contributed by atoms with Gasteiger partial charge in [-0.3, -0.25) is 4.79 Å². The molecule has 1 saturated heterocycles. The van der Waals surface area contributed by atoms with E-state index in [9.17, 15) is 9.18 Å². The second kappa shape index (κ2) is 6.28. The summed E-state index contributed by atoms with van der Waals surface area (Å²) in [6.07, 6.45) is 1.95. The van der Waals surface area contributed by atoms with Gasteiger partial charge in [-0.15, -0.1) is 0 Å². The maximum atomic E-state index is 13.9. The van der Waals surface area contributed by atoms with Gasteiger partial charge in [0.05, 0.1) is 12.1 Å². The molecule has 0 spiro atoms. The highest BCUT2D eigenvalue weighted by Gasteiger charge is 2.28. The van der Waals surface area contributed by atoms with Crippen LogP contribution in [-0.4, -0.2) is 30.4 Å². The molecule has 0 aliphatic carbocycles. The minimum Gasteiger partial charge on any atom is -0.339 e. The van der Waals surface area contributed by atoms with Crippen LogP contribution in [0.25, 0.3) is 0 Å². The smallest absolute Gasteiger partial charge is 0.253 e. The van der Waals surface area contributed by atoms with Gasteiger partial charge in [0.1, 0.15) is 5.82 Å². The van der Waals surface area contributed by atoms with Gasteiger partial charge in [-0.25, -0.2) is 4.39 Å². The summed E-state index contributed by atoms with van der Waals surface area (Å²) < 4.78 is 13.9. The van der Waals surface area contributed by atoms with Crippen LogP contribution in [0.1, 0.15) is 42.6 Å². The lowest BCUT2D eigenvalue weighted by molar-refractivity contribution is 0.0630. The molecule has 0 saturated carbocycles. The zero-order valence-corrected chi connectivity index (χ0v) is 12.6. The van der Waals surface area contributed by atoms with E-state index in [2.05, 4.69) is 25.7 Å². The van der Waals surface area contributed by atoms with Gasteiger partial charge < -0.3 is 10.6 Å². The highest BCUT2D eigenvalue weighted by Crippen LogP contribution is 2.30. The lowest BCUT2D eigenvalue weighted by atomic mass is 9.82. The number of likely N-dealkylation sites (tertiary alicyclic amines) is 1. The number of rotatable bonds is 1. The van der Waals surface area contributed by atoms with Gasteiger partial charge in [0.15, 0.2) is 0 Å². The molecule has 0 radical (unpaired) electrons. The normalized spacial score (nSPS) is 17.0. The van der Waals surface area contributed by atoms with E-state index in [-0.39, 0.29) is 23.4 Å². The summed E-state index contributed by atoms with van der Waals surface area (Å²) in [7, 11) is 0. The van der Waals surface area contributed by atoms with Gasteiger partial charge in [-0.2, -0.15) is 0 Å². The predicted molar refractivity (Wildman–Crippen MR) is 81.3 cm³/mol. The lowest BCUT2D eigenvalue weighted by Crippen LogP contribution is -2.41. The van der Waals surface area contributed by atoms with Crippen LogP contribution >= 0.6 is 0 Å². The van der Waals surface area contributed by atoms with E-state index < -0.39 is 5.82 Å². The number of hydrogen-bond donors (Lipinski definition) is 1. The Kier molecular flexibility index (Phi) is 4.64. The number of halogens is 1. The van der Waals surface area contributed by atoms with Crippen LogP contribution in [0, 0.1) is 23.1 Å². The number of benzene rings is 1. The first-order valence-electron chi connectivity index (χ1n) is 7.21. The first-order chi connectivity index (χ1) is 9.93. The molecule has 3 nitrogen and oxygen atoms in total. The Hall–Kier alpha value is -1.86. The van der Waals surface area contributed by atoms with E-state index in [4.69, 9.17) is 5.73 Å². The number of nitrogens with zero attached hydrogens (tertiary/aromatic N) is 1. The molecule has 0 aromatic heterocycles. The molecule has 0 atom stereocenters. The lowest BCUT2D eigenvalue weighted by Gasteiger charge is -2.37. The van der Waals surface area contributed by atoms with Crippen molar-refractivity contribution in [3.8, 4) is 11.8 Å². The molecule has 1 fully saturated rings. The van der Waals surface area contributed by atoms with Crippen LogP contribution in [0.3, 0.4) is 0 Å². The van der Waals surface area contributed by atoms with Crippen LogP contribution in [0.2, 0.25) is 0 Å². The van der Waals surface area contributed by atoms with Crippen LogP contribution in [0.4, 0.5) is 4.39 Å². The monoisotopic (exact) mass is 288 g/mol. The van der Waals surface area contributed by atoms with Crippen LogP contribution in [-0.2, 0) is 0 Å². The Morgan fingerprint density at radius 3 is 2.62 bits per heavy atom. The van der Waals surface area contributed by atoms with Gasteiger partial charge >= 0.3 is 0 Å². The van der Waals surface area contributed by atoms with Crippen molar-refractivity contribution < 1.29 is 9.18 Å². The van der Waals surface area contributed by atoms with E-state index in [1.54, 1.807) is 17.0 Å². The first-order valence-corrected chi connectivity index (χ1v) is 7.21. The van der Waals surface area contributed by atoms with E-state index in [1.165, 1.54) is 6.07 Å². The van der Waals surface area contributed by atoms with E-state index in [0.717, 1.165) is 25.9 Å². The van der Waals surface area contributed by atoms with E-state index >= 15 is 0 Å². The largest absolute Gasteiger partial charge is 0.339 e. The molecule has 2 rings (SSSR count). The molecule has 0 bridgehead atoms. The third-order valence-electron chi connectivity index (χ3n) is 3.95. The number of carbonyl (C=O) groups is 1. The van der Waals surface area contributed by atoms with Gasteiger partial charge in [0, 0.05) is 18.7 Å². The van der Waals surface area contributed by atoms with Gasteiger partial charge in [0.2, 0.25) is 0 Å². The summed E-state index contributed by atoms with van der Waals surface area (Å²) in [6, 6.07) is 4.44. The van der Waals surface area contributed by atoms with Crippen molar-refractivity contribution in [3.63, 3.8) is 0 Å². The third-order valence-corrected chi connectivity index (χ3v) is 3.95. The number of amides is 1. The Labute approximate surface area is 125 Å². The molecule has 4 heteroatoms. The van der Waals surface area contributed by atoms with E-state index in [0.29, 0.717) is 5.56 Å². The molecule has 1 aliphatic rings. The topological polar surface area (TPSA) is 46.3 Å². The zero-order chi connectivity index (χ0) is 15.5. The minimum atomic E-state index is -0.473. The Morgan fingerprint density at radius 2 is 2.05 bits per heavy atom. The molecule has 1 amide bonds. The molecule has 2 N–H and O–H groups in total. The summed E-state index contributed by atoms with van der Waals surface area (Å²) in [4.78, 5) is 14.2. The van der Waals surface area contributed by atoms with E-state index in [1.807, 2.05) is 0 Å². The zero-order valence-electron chi connectivity index (χ0n) is 12.6. The van der Waals surface area contributed by atoms with Crippen molar-refractivity contribution in [3.05, 3.63) is 35.1 Å². The maximum absolute atomic E-state index is 13.9. The molecular weight excluding hydrogens is 267 g/mol. The molecule has 1 aromatic rings. The fourth-order valence-electron chi connectivity index (χ4n) is 2.39. The van der Waals surface area contributed by atoms with Crippen LogP contribution < -0.4 is 5.73 Å². The molecular formula is C17H21FN2O. The number of hydrogen-bond acceptors (Lipinski definition) is 2. The second-order valence-corrected chi connectivity index (χ2v) is 6.16. The summed E-state index contributed by atoms with van der Waals surface area (Å²) in [5.74, 6) is 4.68. The van der Waals surface area contributed by atoms with Gasteiger partial charge in [-0.05, 0) is 36.5 Å². The van der Waals surface area contributed by atoms with Crippen molar-refractivity contribution in [2.75, 3.05) is 19.6 Å². The molecule has 1 heterocycles.